The normalized spacial score (nSPS) is 10.5. The maximum absolute atomic E-state index is 13.1. The van der Waals surface area contributed by atoms with E-state index in [9.17, 15) is 19.3 Å². The lowest BCUT2D eigenvalue weighted by atomic mass is 10.2. The third-order valence-corrected chi connectivity index (χ3v) is 3.92. The molecular formula is C17H12ClFN4O3. The fourth-order valence-corrected chi connectivity index (χ4v) is 2.49. The molecule has 1 N–H and O–H groups in total. The van der Waals surface area contributed by atoms with E-state index in [1.165, 1.54) is 36.4 Å². The second kappa shape index (κ2) is 7.32. The molecule has 0 saturated carbocycles. The third kappa shape index (κ3) is 4.04. The highest BCUT2D eigenvalue weighted by Gasteiger charge is 2.11. The Bertz CT molecular complexity index is 972. The summed E-state index contributed by atoms with van der Waals surface area (Å²) in [6.07, 6.45) is 1.64. The summed E-state index contributed by atoms with van der Waals surface area (Å²) < 4.78 is 14.6. The predicted molar refractivity (Wildman–Crippen MR) is 93.8 cm³/mol. The first-order valence-electron chi connectivity index (χ1n) is 7.45. The first-order chi connectivity index (χ1) is 12.4. The van der Waals surface area contributed by atoms with Crippen molar-refractivity contribution in [3.8, 4) is 0 Å². The molecule has 26 heavy (non-hydrogen) atoms. The van der Waals surface area contributed by atoms with Crippen LogP contribution >= 0.6 is 11.6 Å². The number of carbonyl (C=O) groups is 1. The van der Waals surface area contributed by atoms with Crippen molar-refractivity contribution in [2.24, 2.45) is 0 Å². The Balaban J connectivity index is 1.67. The summed E-state index contributed by atoms with van der Waals surface area (Å²) in [5, 5.41) is 17.7. The molecule has 7 nitrogen and oxygen atoms in total. The van der Waals surface area contributed by atoms with Gasteiger partial charge in [0.1, 0.15) is 5.82 Å². The molecule has 0 aliphatic rings. The lowest BCUT2D eigenvalue weighted by Crippen LogP contribution is -2.13. The number of hydrogen-bond acceptors (Lipinski definition) is 4. The van der Waals surface area contributed by atoms with Crippen molar-refractivity contribution < 1.29 is 14.1 Å². The van der Waals surface area contributed by atoms with Gasteiger partial charge in [0.05, 0.1) is 11.5 Å². The van der Waals surface area contributed by atoms with E-state index in [0.717, 1.165) is 0 Å². The Labute approximate surface area is 152 Å². The SMILES string of the molecule is O=C(Nc1ccn(Cc2ccc(F)cc2Cl)n1)c1ccc([N+](=O)[O-])cc1. The fraction of sp³-hybridized carbons (Fsp3) is 0.0588. The van der Waals surface area contributed by atoms with Crippen molar-refractivity contribution in [2.45, 2.75) is 6.54 Å². The average Bonchev–Trinajstić information content (AvgIpc) is 3.04. The smallest absolute Gasteiger partial charge is 0.269 e. The van der Waals surface area contributed by atoms with Crippen LogP contribution in [0, 0.1) is 15.9 Å². The van der Waals surface area contributed by atoms with Crippen LogP contribution in [0.25, 0.3) is 0 Å². The zero-order valence-electron chi connectivity index (χ0n) is 13.2. The molecule has 0 atom stereocenters. The zero-order valence-corrected chi connectivity index (χ0v) is 14.0. The first kappa shape index (κ1) is 17.6. The molecule has 0 aliphatic carbocycles. The summed E-state index contributed by atoms with van der Waals surface area (Å²) in [7, 11) is 0. The van der Waals surface area contributed by atoms with Gasteiger partial charge in [-0.05, 0) is 29.8 Å². The van der Waals surface area contributed by atoms with Gasteiger partial charge in [0.15, 0.2) is 5.82 Å². The van der Waals surface area contributed by atoms with Crippen LogP contribution < -0.4 is 5.32 Å². The van der Waals surface area contributed by atoms with Crippen molar-refractivity contribution in [1.82, 2.24) is 9.78 Å². The standard InChI is InChI=1S/C17H12ClFN4O3/c18-15-9-13(19)4-1-12(15)10-22-8-7-16(21-22)20-17(24)11-2-5-14(6-3-11)23(25)26/h1-9H,10H2,(H,20,21,24). The van der Waals surface area contributed by atoms with E-state index in [0.29, 0.717) is 17.9 Å². The maximum atomic E-state index is 13.1. The van der Waals surface area contributed by atoms with E-state index in [2.05, 4.69) is 10.4 Å². The minimum atomic E-state index is -0.538. The molecule has 2 aromatic carbocycles. The van der Waals surface area contributed by atoms with Crippen LogP contribution in [0.3, 0.4) is 0 Å². The van der Waals surface area contributed by atoms with Gasteiger partial charge in [0.25, 0.3) is 11.6 Å². The van der Waals surface area contributed by atoms with Crippen molar-refractivity contribution in [3.63, 3.8) is 0 Å². The van der Waals surface area contributed by atoms with E-state index in [-0.39, 0.29) is 16.3 Å². The van der Waals surface area contributed by atoms with Crippen LogP contribution in [-0.4, -0.2) is 20.6 Å². The summed E-state index contributed by atoms with van der Waals surface area (Å²) >= 11 is 5.99. The number of nitro groups is 1. The summed E-state index contributed by atoms with van der Waals surface area (Å²) in [6, 6.07) is 10.9. The number of benzene rings is 2. The lowest BCUT2D eigenvalue weighted by Gasteiger charge is -2.05. The number of nitrogens with one attached hydrogen (secondary N) is 1. The van der Waals surface area contributed by atoms with E-state index < -0.39 is 16.6 Å². The van der Waals surface area contributed by atoms with Crippen LogP contribution in [0.2, 0.25) is 5.02 Å². The summed E-state index contributed by atoms with van der Waals surface area (Å²) in [6.45, 7) is 0.312. The molecule has 1 amide bonds. The average molecular weight is 375 g/mol. The Kier molecular flexibility index (Phi) is 4.94. The van der Waals surface area contributed by atoms with Crippen LogP contribution in [-0.2, 0) is 6.54 Å². The predicted octanol–water partition coefficient (Wildman–Crippen LogP) is 3.88. The highest BCUT2D eigenvalue weighted by molar-refractivity contribution is 6.31. The van der Waals surface area contributed by atoms with Crippen LogP contribution in [0.4, 0.5) is 15.9 Å². The third-order valence-electron chi connectivity index (χ3n) is 3.57. The molecule has 0 radical (unpaired) electrons. The number of non-ortho nitro benzene ring substituents is 1. The maximum Gasteiger partial charge on any atom is 0.269 e. The Morgan fingerprint density at radius 3 is 2.62 bits per heavy atom. The molecular weight excluding hydrogens is 363 g/mol. The van der Waals surface area contributed by atoms with E-state index in [4.69, 9.17) is 11.6 Å². The topological polar surface area (TPSA) is 90.1 Å². The van der Waals surface area contributed by atoms with Crippen molar-refractivity contribution in [1.29, 1.82) is 0 Å². The zero-order chi connectivity index (χ0) is 18.7. The molecule has 0 saturated heterocycles. The fourth-order valence-electron chi connectivity index (χ4n) is 2.26. The minimum absolute atomic E-state index is 0.0954. The lowest BCUT2D eigenvalue weighted by molar-refractivity contribution is -0.384. The number of amides is 1. The summed E-state index contributed by atoms with van der Waals surface area (Å²) in [5.74, 6) is -0.549. The number of hydrogen-bond donors (Lipinski definition) is 1. The van der Waals surface area contributed by atoms with Crippen molar-refractivity contribution in [3.05, 3.63) is 86.8 Å². The number of aromatic nitrogens is 2. The molecule has 0 bridgehead atoms. The summed E-state index contributed by atoms with van der Waals surface area (Å²) in [5.41, 5.74) is 0.859. The second-order valence-electron chi connectivity index (χ2n) is 5.39. The first-order valence-corrected chi connectivity index (χ1v) is 7.83. The van der Waals surface area contributed by atoms with E-state index >= 15 is 0 Å². The second-order valence-corrected chi connectivity index (χ2v) is 5.80. The van der Waals surface area contributed by atoms with Gasteiger partial charge < -0.3 is 5.32 Å². The highest BCUT2D eigenvalue weighted by Crippen LogP contribution is 2.19. The molecule has 0 unspecified atom stereocenters. The Hall–Kier alpha value is -3.26. The molecule has 0 fully saturated rings. The van der Waals surface area contributed by atoms with Crippen LogP contribution in [0.5, 0.6) is 0 Å². The summed E-state index contributed by atoms with van der Waals surface area (Å²) in [4.78, 5) is 22.3. The molecule has 3 rings (SSSR count). The van der Waals surface area contributed by atoms with Gasteiger partial charge in [0.2, 0.25) is 0 Å². The highest BCUT2D eigenvalue weighted by atomic mass is 35.5. The molecule has 1 aromatic heterocycles. The molecule has 9 heteroatoms. The van der Waals surface area contributed by atoms with Crippen molar-refractivity contribution >= 4 is 29.0 Å². The number of nitro benzene ring substituents is 1. The molecule has 132 valence electrons. The van der Waals surface area contributed by atoms with Crippen LogP contribution in [0.1, 0.15) is 15.9 Å². The number of rotatable bonds is 5. The number of halogens is 2. The number of carbonyl (C=O) groups excluding carboxylic acids is 1. The monoisotopic (exact) mass is 374 g/mol. The minimum Gasteiger partial charge on any atom is -0.305 e. The molecule has 0 aliphatic heterocycles. The van der Waals surface area contributed by atoms with E-state index in [1.54, 1.807) is 23.0 Å². The van der Waals surface area contributed by atoms with Gasteiger partial charge in [-0.15, -0.1) is 0 Å². The Morgan fingerprint density at radius 2 is 1.96 bits per heavy atom. The quantitative estimate of drug-likeness (QED) is 0.542. The molecule has 0 spiro atoms. The number of anilines is 1. The van der Waals surface area contributed by atoms with E-state index in [1.807, 2.05) is 0 Å². The van der Waals surface area contributed by atoms with Crippen molar-refractivity contribution in [2.75, 3.05) is 5.32 Å². The largest absolute Gasteiger partial charge is 0.305 e. The molecule has 3 aromatic rings. The number of nitrogens with zero attached hydrogens (tertiary/aromatic N) is 3. The van der Waals surface area contributed by atoms with Gasteiger partial charge in [-0.2, -0.15) is 5.10 Å². The van der Waals surface area contributed by atoms with Crippen LogP contribution in [0.15, 0.2) is 54.7 Å². The Morgan fingerprint density at radius 1 is 1.23 bits per heavy atom. The van der Waals surface area contributed by atoms with Gasteiger partial charge in [0, 0.05) is 35.0 Å². The van der Waals surface area contributed by atoms with Gasteiger partial charge in [-0.3, -0.25) is 19.6 Å². The van der Waals surface area contributed by atoms with Gasteiger partial charge in [-0.25, -0.2) is 4.39 Å². The van der Waals surface area contributed by atoms with Gasteiger partial charge in [-0.1, -0.05) is 17.7 Å². The van der Waals surface area contributed by atoms with Gasteiger partial charge >= 0.3 is 0 Å². The molecule has 1 heterocycles.